The van der Waals surface area contributed by atoms with Gasteiger partial charge in [0.1, 0.15) is 11.5 Å². The topological polar surface area (TPSA) is 71.2 Å². The molecule has 3 aliphatic rings. The number of fused-ring (bicyclic) bond motifs is 1. The molecule has 37 heavy (non-hydrogen) atoms. The number of amides is 1. The minimum absolute atomic E-state index is 0.222. The van der Waals surface area contributed by atoms with Crippen molar-refractivity contribution in [2.24, 2.45) is 16.6 Å². The zero-order valence-corrected chi connectivity index (χ0v) is 22.3. The van der Waals surface area contributed by atoms with Crippen LogP contribution >= 0.6 is 0 Å². The quantitative estimate of drug-likeness (QED) is 0.433. The Morgan fingerprint density at radius 3 is 2.43 bits per heavy atom. The van der Waals surface area contributed by atoms with Gasteiger partial charge in [-0.3, -0.25) is 4.79 Å². The summed E-state index contributed by atoms with van der Waals surface area (Å²) in [5.41, 5.74) is 8.62. The van der Waals surface area contributed by atoms with E-state index in [9.17, 15) is 4.79 Å². The molecule has 1 heterocycles. The van der Waals surface area contributed by atoms with E-state index in [4.69, 9.17) is 15.5 Å². The van der Waals surface area contributed by atoms with Gasteiger partial charge in [-0.1, -0.05) is 56.7 Å². The van der Waals surface area contributed by atoms with Crippen molar-refractivity contribution in [1.29, 1.82) is 0 Å². The molecular formula is C31H42N4O2. The summed E-state index contributed by atoms with van der Waals surface area (Å²) in [4.78, 5) is 22.3. The molecule has 0 bridgehead atoms. The molecule has 198 valence electrons. The second-order valence-corrected chi connectivity index (χ2v) is 11.1. The van der Waals surface area contributed by atoms with E-state index >= 15 is 0 Å². The number of rotatable bonds is 8. The van der Waals surface area contributed by atoms with E-state index < -0.39 is 0 Å². The Bertz CT molecular complexity index is 1070. The Hall–Kier alpha value is -3.02. The van der Waals surface area contributed by atoms with Crippen molar-refractivity contribution in [2.75, 3.05) is 7.05 Å². The van der Waals surface area contributed by atoms with Crippen molar-refractivity contribution in [3.8, 4) is 11.5 Å². The molecule has 2 N–H and O–H groups in total. The maximum atomic E-state index is 13.2. The van der Waals surface area contributed by atoms with E-state index in [1.54, 1.807) is 0 Å². The third-order valence-corrected chi connectivity index (χ3v) is 8.66. The van der Waals surface area contributed by atoms with Gasteiger partial charge in [0.15, 0.2) is 5.96 Å². The van der Waals surface area contributed by atoms with E-state index in [1.807, 2.05) is 54.4 Å². The molecular weight excluding hydrogens is 460 g/mol. The fourth-order valence-corrected chi connectivity index (χ4v) is 6.51. The van der Waals surface area contributed by atoms with Gasteiger partial charge < -0.3 is 20.3 Å². The molecule has 2 aromatic carbocycles. The maximum absolute atomic E-state index is 13.2. The van der Waals surface area contributed by atoms with Crippen LogP contribution in [0.25, 0.3) is 0 Å². The van der Waals surface area contributed by atoms with Crippen LogP contribution in [0.15, 0.2) is 53.5 Å². The van der Waals surface area contributed by atoms with Gasteiger partial charge in [-0.15, -0.1) is 0 Å². The molecule has 6 nitrogen and oxygen atoms in total. The van der Waals surface area contributed by atoms with Crippen LogP contribution in [0.4, 0.5) is 5.69 Å². The standard InChI is InChI=1S/C31H42N4O2/c1-34(25-13-7-3-8-14-25)30(36)20-19-29(23-11-5-2-6-12-23)35-22-24-21-27(17-18-28(24)33-31(35)32)37-26-15-9-4-10-16-26/h4,9-10,15-18,21,23,25,29H,2-3,5-8,11-14,19-20,22H2,1H3,(H2,32,33). The van der Waals surface area contributed by atoms with Crippen molar-refractivity contribution < 1.29 is 9.53 Å². The molecule has 0 saturated heterocycles. The lowest BCUT2D eigenvalue weighted by Gasteiger charge is -2.41. The third-order valence-electron chi connectivity index (χ3n) is 8.66. The van der Waals surface area contributed by atoms with Crippen molar-refractivity contribution >= 4 is 17.6 Å². The zero-order valence-electron chi connectivity index (χ0n) is 22.3. The number of ether oxygens (including phenoxy) is 1. The van der Waals surface area contributed by atoms with Gasteiger partial charge in [-0.25, -0.2) is 4.99 Å². The summed E-state index contributed by atoms with van der Waals surface area (Å²) in [7, 11) is 2.01. The summed E-state index contributed by atoms with van der Waals surface area (Å²) in [6, 6.07) is 16.5. The summed E-state index contributed by atoms with van der Waals surface area (Å²) >= 11 is 0. The summed E-state index contributed by atoms with van der Waals surface area (Å²) < 4.78 is 6.10. The summed E-state index contributed by atoms with van der Waals surface area (Å²) in [5, 5.41) is 0. The second-order valence-electron chi connectivity index (χ2n) is 11.1. The van der Waals surface area contributed by atoms with E-state index in [1.165, 1.54) is 51.4 Å². The molecule has 2 aromatic rings. The van der Waals surface area contributed by atoms with Gasteiger partial charge in [0.2, 0.25) is 5.91 Å². The number of benzene rings is 2. The highest BCUT2D eigenvalue weighted by molar-refractivity contribution is 5.84. The van der Waals surface area contributed by atoms with Crippen molar-refractivity contribution in [3.63, 3.8) is 0 Å². The first-order valence-electron chi connectivity index (χ1n) is 14.3. The summed E-state index contributed by atoms with van der Waals surface area (Å²) in [6.07, 6.45) is 13.7. The van der Waals surface area contributed by atoms with Crippen LogP contribution in [0.3, 0.4) is 0 Å². The summed E-state index contributed by atoms with van der Waals surface area (Å²) in [6.45, 7) is 0.699. The van der Waals surface area contributed by atoms with E-state index in [0.717, 1.165) is 42.0 Å². The van der Waals surface area contributed by atoms with Crippen LogP contribution in [0.2, 0.25) is 0 Å². The monoisotopic (exact) mass is 502 g/mol. The second kappa shape index (κ2) is 12.0. The number of carbonyl (C=O) groups excluding carboxylic acids is 1. The number of hydrogen-bond donors (Lipinski definition) is 1. The van der Waals surface area contributed by atoms with Crippen LogP contribution in [0, 0.1) is 5.92 Å². The smallest absolute Gasteiger partial charge is 0.222 e. The first-order chi connectivity index (χ1) is 18.1. The lowest BCUT2D eigenvalue weighted by molar-refractivity contribution is -0.133. The number of nitrogens with zero attached hydrogens (tertiary/aromatic N) is 3. The van der Waals surface area contributed by atoms with Crippen LogP contribution in [0.1, 0.15) is 82.6 Å². The fourth-order valence-electron chi connectivity index (χ4n) is 6.51. The molecule has 1 amide bonds. The molecule has 1 unspecified atom stereocenters. The molecule has 2 fully saturated rings. The molecule has 1 aliphatic heterocycles. The lowest BCUT2D eigenvalue weighted by atomic mass is 9.81. The lowest BCUT2D eigenvalue weighted by Crippen LogP contribution is -2.49. The minimum atomic E-state index is 0.222. The Balaban J connectivity index is 1.31. The molecule has 0 radical (unpaired) electrons. The average Bonchev–Trinajstić information content (AvgIpc) is 2.94. The SMILES string of the molecule is CN(C(=O)CCC(C1CCCCC1)N1Cc2cc(Oc3ccccc3)ccc2N=C1N)C1CCCCC1. The molecule has 0 aromatic heterocycles. The van der Waals surface area contributed by atoms with Gasteiger partial charge in [0.05, 0.1) is 5.69 Å². The number of guanidine groups is 1. The molecule has 2 aliphatic carbocycles. The number of para-hydroxylation sites is 1. The van der Waals surface area contributed by atoms with Crippen molar-refractivity contribution in [3.05, 3.63) is 54.1 Å². The molecule has 5 rings (SSSR count). The first-order valence-corrected chi connectivity index (χ1v) is 14.3. The summed E-state index contributed by atoms with van der Waals surface area (Å²) in [5.74, 6) is 3.02. The van der Waals surface area contributed by atoms with E-state index in [0.29, 0.717) is 30.9 Å². The van der Waals surface area contributed by atoms with Crippen LogP contribution in [0.5, 0.6) is 11.5 Å². The molecule has 1 atom stereocenters. The largest absolute Gasteiger partial charge is 0.457 e. The number of aliphatic imine (C=N–C) groups is 1. The van der Waals surface area contributed by atoms with Crippen LogP contribution in [-0.2, 0) is 11.3 Å². The highest BCUT2D eigenvalue weighted by atomic mass is 16.5. The highest BCUT2D eigenvalue weighted by Gasteiger charge is 2.33. The predicted molar refractivity (Wildman–Crippen MR) is 149 cm³/mol. The zero-order chi connectivity index (χ0) is 25.6. The van der Waals surface area contributed by atoms with Crippen molar-refractivity contribution in [2.45, 2.75) is 95.7 Å². The van der Waals surface area contributed by atoms with Gasteiger partial charge in [-0.2, -0.15) is 0 Å². The number of nitrogens with two attached hydrogens (primary N) is 1. The van der Waals surface area contributed by atoms with Gasteiger partial charge in [0.25, 0.3) is 0 Å². The minimum Gasteiger partial charge on any atom is -0.457 e. The normalized spacial score (nSPS) is 19.6. The Kier molecular flexibility index (Phi) is 8.32. The van der Waals surface area contributed by atoms with Crippen molar-refractivity contribution in [1.82, 2.24) is 9.80 Å². The molecule has 6 heteroatoms. The van der Waals surface area contributed by atoms with Gasteiger partial charge in [0, 0.05) is 37.7 Å². The fraction of sp³-hybridized carbons (Fsp3) is 0.548. The number of hydrogen-bond acceptors (Lipinski definition) is 5. The van der Waals surface area contributed by atoms with Gasteiger partial charge >= 0.3 is 0 Å². The Morgan fingerprint density at radius 2 is 1.70 bits per heavy atom. The average molecular weight is 503 g/mol. The van der Waals surface area contributed by atoms with E-state index in [2.05, 4.69) is 11.0 Å². The maximum Gasteiger partial charge on any atom is 0.222 e. The predicted octanol–water partition coefficient (Wildman–Crippen LogP) is 6.76. The molecule has 2 saturated carbocycles. The third kappa shape index (κ3) is 6.28. The first kappa shape index (κ1) is 25.6. The Morgan fingerprint density at radius 1 is 1.00 bits per heavy atom. The van der Waals surface area contributed by atoms with E-state index in [-0.39, 0.29) is 11.9 Å². The molecule has 0 spiro atoms. The van der Waals surface area contributed by atoms with Crippen LogP contribution < -0.4 is 10.5 Å². The Labute approximate surface area is 221 Å². The van der Waals surface area contributed by atoms with Crippen LogP contribution in [-0.4, -0.2) is 40.8 Å². The van der Waals surface area contributed by atoms with Gasteiger partial charge in [-0.05, 0) is 68.4 Å². The highest BCUT2D eigenvalue weighted by Crippen LogP contribution is 2.37. The number of carbonyl (C=O) groups is 1.